The Morgan fingerprint density at radius 2 is 2.12 bits per heavy atom. The van der Waals surface area contributed by atoms with E-state index in [4.69, 9.17) is 0 Å². The van der Waals surface area contributed by atoms with E-state index in [9.17, 15) is 0 Å². The number of nitrogens with one attached hydrogen (secondary N) is 1. The highest BCUT2D eigenvalue weighted by Gasteiger charge is 2.03. The summed E-state index contributed by atoms with van der Waals surface area (Å²) in [5.74, 6) is 0. The Balaban J connectivity index is 2.11. The van der Waals surface area contributed by atoms with Gasteiger partial charge in [0.1, 0.15) is 0 Å². The molecular formula is C13H16N4. The Morgan fingerprint density at radius 3 is 2.82 bits per heavy atom. The van der Waals surface area contributed by atoms with Gasteiger partial charge in [0.05, 0.1) is 23.8 Å². The van der Waals surface area contributed by atoms with Gasteiger partial charge in [-0.25, -0.2) is 0 Å². The summed E-state index contributed by atoms with van der Waals surface area (Å²) in [6.07, 6.45) is 7.33. The number of pyridine rings is 2. The first-order chi connectivity index (χ1) is 8.29. The first kappa shape index (κ1) is 11.4. The van der Waals surface area contributed by atoms with Crippen LogP contribution in [0.2, 0.25) is 0 Å². The number of aromatic nitrogens is 2. The van der Waals surface area contributed by atoms with E-state index in [0.29, 0.717) is 0 Å². The number of hydrogen-bond acceptors (Lipinski definition) is 4. The average molecular weight is 228 g/mol. The fraction of sp³-hybridized carbons (Fsp3) is 0.231. The number of nitrogens with zero attached hydrogens (tertiary/aromatic N) is 3. The van der Waals surface area contributed by atoms with Crippen molar-refractivity contribution in [3.63, 3.8) is 0 Å². The normalized spacial score (nSPS) is 10.0. The molecule has 17 heavy (non-hydrogen) atoms. The van der Waals surface area contributed by atoms with Gasteiger partial charge in [-0.15, -0.1) is 0 Å². The molecule has 0 aliphatic rings. The third-order valence-electron chi connectivity index (χ3n) is 2.60. The average Bonchev–Trinajstić information content (AvgIpc) is 2.40. The SMILES string of the molecule is CNc1cncc(N(C)Cc2cccnc2)c1. The molecule has 4 heteroatoms. The van der Waals surface area contributed by atoms with E-state index in [1.807, 2.05) is 32.6 Å². The minimum Gasteiger partial charge on any atom is -0.387 e. The highest BCUT2D eigenvalue weighted by molar-refractivity contribution is 5.55. The molecule has 4 nitrogen and oxygen atoms in total. The summed E-state index contributed by atoms with van der Waals surface area (Å²) in [4.78, 5) is 10.5. The van der Waals surface area contributed by atoms with Gasteiger partial charge in [-0.05, 0) is 17.7 Å². The second kappa shape index (κ2) is 5.30. The van der Waals surface area contributed by atoms with Crippen LogP contribution >= 0.6 is 0 Å². The molecule has 0 bridgehead atoms. The molecule has 2 rings (SSSR count). The Hall–Kier alpha value is -2.10. The summed E-state index contributed by atoms with van der Waals surface area (Å²) in [5, 5.41) is 3.08. The minimum absolute atomic E-state index is 0.822. The van der Waals surface area contributed by atoms with Crippen molar-refractivity contribution in [3.8, 4) is 0 Å². The van der Waals surface area contributed by atoms with Gasteiger partial charge in [-0.3, -0.25) is 9.97 Å². The lowest BCUT2D eigenvalue weighted by Gasteiger charge is -2.19. The lowest BCUT2D eigenvalue weighted by Crippen LogP contribution is -2.16. The van der Waals surface area contributed by atoms with Crippen LogP contribution in [0.25, 0.3) is 0 Å². The molecule has 88 valence electrons. The molecule has 1 N–H and O–H groups in total. The maximum atomic E-state index is 4.20. The van der Waals surface area contributed by atoms with Crippen molar-refractivity contribution < 1.29 is 0 Å². The molecule has 0 saturated carbocycles. The zero-order valence-corrected chi connectivity index (χ0v) is 10.1. The van der Waals surface area contributed by atoms with Crippen LogP contribution in [0.3, 0.4) is 0 Å². The maximum absolute atomic E-state index is 4.20. The van der Waals surface area contributed by atoms with Crippen molar-refractivity contribution in [3.05, 3.63) is 48.5 Å². The monoisotopic (exact) mass is 228 g/mol. The van der Waals surface area contributed by atoms with Crippen LogP contribution in [0.4, 0.5) is 11.4 Å². The molecule has 2 heterocycles. The molecule has 0 unspecified atom stereocenters. The van der Waals surface area contributed by atoms with E-state index < -0.39 is 0 Å². The summed E-state index contributed by atoms with van der Waals surface area (Å²) in [6.45, 7) is 0.822. The first-order valence-corrected chi connectivity index (χ1v) is 5.52. The third-order valence-corrected chi connectivity index (χ3v) is 2.60. The molecule has 2 aromatic rings. The Labute approximate surface area is 101 Å². The van der Waals surface area contributed by atoms with Crippen LogP contribution in [0, 0.1) is 0 Å². The third kappa shape index (κ3) is 2.93. The first-order valence-electron chi connectivity index (χ1n) is 5.52. The van der Waals surface area contributed by atoms with Gasteiger partial charge in [-0.1, -0.05) is 6.07 Å². The van der Waals surface area contributed by atoms with Crippen LogP contribution in [-0.2, 0) is 6.54 Å². The van der Waals surface area contributed by atoms with Crippen molar-refractivity contribution in [1.29, 1.82) is 0 Å². The maximum Gasteiger partial charge on any atom is 0.0573 e. The molecule has 0 radical (unpaired) electrons. The van der Waals surface area contributed by atoms with Gasteiger partial charge in [0.2, 0.25) is 0 Å². The smallest absolute Gasteiger partial charge is 0.0573 e. The fourth-order valence-corrected chi connectivity index (χ4v) is 1.63. The lowest BCUT2D eigenvalue weighted by molar-refractivity contribution is 0.911. The highest BCUT2D eigenvalue weighted by atomic mass is 15.1. The molecule has 0 amide bonds. The zero-order chi connectivity index (χ0) is 12.1. The summed E-state index contributed by atoms with van der Waals surface area (Å²) < 4.78 is 0. The van der Waals surface area contributed by atoms with Crippen LogP contribution < -0.4 is 10.2 Å². The van der Waals surface area contributed by atoms with Crippen LogP contribution in [0.5, 0.6) is 0 Å². The molecule has 0 fully saturated rings. The summed E-state index contributed by atoms with van der Waals surface area (Å²) in [6, 6.07) is 6.09. The molecule has 0 spiro atoms. The van der Waals surface area contributed by atoms with Crippen molar-refractivity contribution >= 4 is 11.4 Å². The molecular weight excluding hydrogens is 212 g/mol. The van der Waals surface area contributed by atoms with E-state index in [1.165, 1.54) is 5.56 Å². The van der Waals surface area contributed by atoms with Crippen LogP contribution in [-0.4, -0.2) is 24.1 Å². The van der Waals surface area contributed by atoms with E-state index >= 15 is 0 Å². The predicted octanol–water partition coefficient (Wildman–Crippen LogP) is 2.15. The van der Waals surface area contributed by atoms with Crippen molar-refractivity contribution in [1.82, 2.24) is 9.97 Å². The van der Waals surface area contributed by atoms with Crippen LogP contribution in [0.15, 0.2) is 43.0 Å². The quantitative estimate of drug-likeness (QED) is 0.870. The second-order valence-corrected chi connectivity index (χ2v) is 3.90. The summed E-state index contributed by atoms with van der Waals surface area (Å²) in [5.41, 5.74) is 3.28. The van der Waals surface area contributed by atoms with Gasteiger partial charge < -0.3 is 10.2 Å². The second-order valence-electron chi connectivity index (χ2n) is 3.90. The summed E-state index contributed by atoms with van der Waals surface area (Å²) in [7, 11) is 3.94. The highest BCUT2D eigenvalue weighted by Crippen LogP contribution is 2.17. The van der Waals surface area contributed by atoms with Crippen molar-refractivity contribution in [2.45, 2.75) is 6.54 Å². The van der Waals surface area contributed by atoms with E-state index in [-0.39, 0.29) is 0 Å². The fourth-order valence-electron chi connectivity index (χ4n) is 1.63. The molecule has 0 aliphatic heterocycles. The largest absolute Gasteiger partial charge is 0.387 e. The Morgan fingerprint density at radius 1 is 1.24 bits per heavy atom. The topological polar surface area (TPSA) is 41.1 Å². The molecule has 0 atom stereocenters. The van der Waals surface area contributed by atoms with Gasteiger partial charge in [0, 0.05) is 33.0 Å². The molecule has 0 aliphatic carbocycles. The standard InChI is InChI=1S/C13H16N4/c1-14-12-6-13(9-16-8-12)17(2)10-11-4-3-5-15-7-11/h3-9,14H,10H2,1-2H3. The van der Waals surface area contributed by atoms with Gasteiger partial charge in [-0.2, -0.15) is 0 Å². The van der Waals surface area contributed by atoms with Crippen LogP contribution in [0.1, 0.15) is 5.56 Å². The lowest BCUT2D eigenvalue weighted by atomic mass is 10.2. The molecule has 0 saturated heterocycles. The molecule has 0 aromatic carbocycles. The van der Waals surface area contributed by atoms with Gasteiger partial charge in [0.15, 0.2) is 0 Å². The number of hydrogen-bond donors (Lipinski definition) is 1. The number of rotatable bonds is 4. The van der Waals surface area contributed by atoms with Crippen molar-refractivity contribution in [2.24, 2.45) is 0 Å². The van der Waals surface area contributed by atoms with E-state index in [2.05, 4.69) is 32.3 Å². The summed E-state index contributed by atoms with van der Waals surface area (Å²) >= 11 is 0. The number of anilines is 2. The van der Waals surface area contributed by atoms with Gasteiger partial charge >= 0.3 is 0 Å². The zero-order valence-electron chi connectivity index (χ0n) is 10.1. The Kier molecular flexibility index (Phi) is 3.55. The molecule has 2 aromatic heterocycles. The predicted molar refractivity (Wildman–Crippen MR) is 70.1 cm³/mol. The van der Waals surface area contributed by atoms with E-state index in [0.717, 1.165) is 17.9 Å². The van der Waals surface area contributed by atoms with E-state index in [1.54, 1.807) is 12.4 Å². The van der Waals surface area contributed by atoms with Crippen molar-refractivity contribution in [2.75, 3.05) is 24.3 Å². The van der Waals surface area contributed by atoms with Gasteiger partial charge in [0.25, 0.3) is 0 Å². The Bertz CT molecular complexity index is 470. The minimum atomic E-state index is 0.822.